The van der Waals surface area contributed by atoms with E-state index in [2.05, 4.69) is 5.16 Å². The van der Waals surface area contributed by atoms with Crippen molar-refractivity contribution in [2.24, 2.45) is 16.0 Å². The molecule has 60 valence electrons. The van der Waals surface area contributed by atoms with Crippen molar-refractivity contribution in [3.05, 3.63) is 0 Å². The highest BCUT2D eigenvalue weighted by molar-refractivity contribution is 5.97. The predicted molar refractivity (Wildman–Crippen MR) is 41.8 cm³/mol. The zero-order valence-corrected chi connectivity index (χ0v) is 6.64. The maximum Gasteiger partial charge on any atom is 0.0638 e. The van der Waals surface area contributed by atoms with Crippen LogP contribution in [0.25, 0.3) is 0 Å². The van der Waals surface area contributed by atoms with E-state index in [9.17, 15) is 0 Å². The molecule has 2 spiro atoms. The van der Waals surface area contributed by atoms with Crippen LogP contribution < -0.4 is 0 Å². The van der Waals surface area contributed by atoms with Gasteiger partial charge < -0.3 is 5.21 Å². The minimum atomic E-state index is 0.418. The summed E-state index contributed by atoms with van der Waals surface area (Å²) in [7, 11) is 0. The number of nitrogens with zero attached hydrogens (tertiary/aromatic N) is 1. The van der Waals surface area contributed by atoms with Crippen LogP contribution in [-0.2, 0) is 0 Å². The van der Waals surface area contributed by atoms with Crippen molar-refractivity contribution in [3.63, 3.8) is 0 Å². The van der Waals surface area contributed by atoms with E-state index < -0.39 is 0 Å². The number of fused-ring (bicyclic) bond motifs is 1. The Morgan fingerprint density at radius 2 is 1.82 bits per heavy atom. The van der Waals surface area contributed by atoms with Crippen LogP contribution >= 0.6 is 0 Å². The van der Waals surface area contributed by atoms with Gasteiger partial charge in [-0.25, -0.2) is 0 Å². The molecule has 3 aliphatic carbocycles. The predicted octanol–water partition coefficient (Wildman–Crippen LogP) is 2.17. The molecule has 3 saturated carbocycles. The summed E-state index contributed by atoms with van der Waals surface area (Å²) < 4.78 is 0. The summed E-state index contributed by atoms with van der Waals surface area (Å²) in [6.45, 7) is 0. The van der Waals surface area contributed by atoms with Gasteiger partial charge in [-0.2, -0.15) is 0 Å². The summed E-state index contributed by atoms with van der Waals surface area (Å²) in [6.07, 6.45) is 7.83. The van der Waals surface area contributed by atoms with Crippen molar-refractivity contribution in [2.75, 3.05) is 0 Å². The van der Waals surface area contributed by atoms with Crippen molar-refractivity contribution in [1.82, 2.24) is 0 Å². The van der Waals surface area contributed by atoms with Gasteiger partial charge in [0.05, 0.1) is 5.71 Å². The van der Waals surface area contributed by atoms with Crippen LogP contribution in [0.4, 0.5) is 0 Å². The van der Waals surface area contributed by atoms with Gasteiger partial charge in [0.15, 0.2) is 0 Å². The molecule has 0 amide bonds. The number of oxime groups is 1. The second kappa shape index (κ2) is 1.47. The Balaban J connectivity index is 1.96. The monoisotopic (exact) mass is 151 g/mol. The fourth-order valence-corrected chi connectivity index (χ4v) is 3.18. The second-order valence-electron chi connectivity index (χ2n) is 4.41. The first-order valence-corrected chi connectivity index (χ1v) is 4.54. The fraction of sp³-hybridized carbons (Fsp3) is 0.889. The zero-order chi connectivity index (χ0) is 7.53. The average molecular weight is 151 g/mol. The summed E-state index contributed by atoms with van der Waals surface area (Å²) in [6, 6.07) is 0. The van der Waals surface area contributed by atoms with Crippen LogP contribution in [-0.4, -0.2) is 10.9 Å². The first-order chi connectivity index (χ1) is 5.33. The molecule has 0 heterocycles. The lowest BCUT2D eigenvalue weighted by Gasteiger charge is -2.57. The van der Waals surface area contributed by atoms with Crippen LogP contribution in [0.1, 0.15) is 38.5 Å². The molecule has 1 N–H and O–H groups in total. The van der Waals surface area contributed by atoms with Crippen LogP contribution in [0.2, 0.25) is 0 Å². The van der Waals surface area contributed by atoms with E-state index in [1.165, 1.54) is 32.1 Å². The SMILES string of the molecule is O/N=C1\CCC12CCC21CC1. The zero-order valence-electron chi connectivity index (χ0n) is 6.64. The van der Waals surface area contributed by atoms with Crippen molar-refractivity contribution < 1.29 is 5.21 Å². The fourth-order valence-electron chi connectivity index (χ4n) is 3.18. The molecule has 0 aromatic carbocycles. The van der Waals surface area contributed by atoms with Gasteiger partial charge in [-0.15, -0.1) is 0 Å². The van der Waals surface area contributed by atoms with Gasteiger partial charge in [-0.05, 0) is 43.9 Å². The lowest BCUT2D eigenvalue weighted by Crippen LogP contribution is -2.55. The topological polar surface area (TPSA) is 32.6 Å². The van der Waals surface area contributed by atoms with E-state index >= 15 is 0 Å². The van der Waals surface area contributed by atoms with Crippen molar-refractivity contribution >= 4 is 5.71 Å². The van der Waals surface area contributed by atoms with E-state index in [0.717, 1.165) is 12.1 Å². The van der Waals surface area contributed by atoms with E-state index in [-0.39, 0.29) is 0 Å². The number of hydrogen-bond acceptors (Lipinski definition) is 2. The third-order valence-electron chi connectivity index (χ3n) is 4.36. The van der Waals surface area contributed by atoms with Gasteiger partial charge in [0.25, 0.3) is 0 Å². The van der Waals surface area contributed by atoms with Crippen LogP contribution in [0.15, 0.2) is 5.16 Å². The largest absolute Gasteiger partial charge is 0.411 e. The molecule has 0 bridgehead atoms. The molecule has 0 saturated heterocycles. The maximum absolute atomic E-state index is 8.73. The van der Waals surface area contributed by atoms with E-state index in [0.29, 0.717) is 10.8 Å². The molecule has 0 aromatic rings. The van der Waals surface area contributed by atoms with Crippen LogP contribution in [0.5, 0.6) is 0 Å². The quantitative estimate of drug-likeness (QED) is 0.417. The molecule has 2 nitrogen and oxygen atoms in total. The summed E-state index contributed by atoms with van der Waals surface area (Å²) >= 11 is 0. The lowest BCUT2D eigenvalue weighted by molar-refractivity contribution is 0.0375. The Kier molecular flexibility index (Phi) is 0.809. The summed E-state index contributed by atoms with van der Waals surface area (Å²) in [5.41, 5.74) is 2.18. The Morgan fingerprint density at radius 1 is 1.09 bits per heavy atom. The summed E-state index contributed by atoms with van der Waals surface area (Å²) in [5.74, 6) is 0. The Hall–Kier alpha value is -0.530. The molecule has 2 heteroatoms. The van der Waals surface area contributed by atoms with Crippen molar-refractivity contribution in [1.29, 1.82) is 0 Å². The lowest BCUT2D eigenvalue weighted by atomic mass is 9.46. The van der Waals surface area contributed by atoms with Gasteiger partial charge in [0.2, 0.25) is 0 Å². The summed E-state index contributed by atoms with van der Waals surface area (Å²) in [4.78, 5) is 0. The van der Waals surface area contributed by atoms with Gasteiger partial charge in [-0.1, -0.05) is 5.16 Å². The highest BCUT2D eigenvalue weighted by atomic mass is 16.4. The van der Waals surface area contributed by atoms with Crippen molar-refractivity contribution in [2.45, 2.75) is 38.5 Å². The average Bonchev–Trinajstić information content (AvgIpc) is 2.63. The molecule has 1 unspecified atom stereocenters. The molecule has 3 rings (SSSR count). The first-order valence-electron chi connectivity index (χ1n) is 4.54. The highest BCUT2D eigenvalue weighted by Gasteiger charge is 2.70. The molecular weight excluding hydrogens is 138 g/mol. The van der Waals surface area contributed by atoms with Gasteiger partial charge >= 0.3 is 0 Å². The molecule has 3 fully saturated rings. The summed E-state index contributed by atoms with van der Waals surface area (Å²) in [5, 5.41) is 12.2. The van der Waals surface area contributed by atoms with Crippen LogP contribution in [0.3, 0.4) is 0 Å². The first kappa shape index (κ1) is 6.04. The molecule has 3 aliphatic rings. The van der Waals surface area contributed by atoms with E-state index in [4.69, 9.17) is 5.21 Å². The van der Waals surface area contributed by atoms with Gasteiger partial charge in [-0.3, -0.25) is 0 Å². The van der Waals surface area contributed by atoms with Gasteiger partial charge in [0.1, 0.15) is 0 Å². The Bertz CT molecular complexity index is 238. The molecule has 0 radical (unpaired) electrons. The second-order valence-corrected chi connectivity index (χ2v) is 4.41. The molecule has 0 aliphatic heterocycles. The van der Waals surface area contributed by atoms with E-state index in [1.54, 1.807) is 0 Å². The minimum absolute atomic E-state index is 0.418. The molecule has 11 heavy (non-hydrogen) atoms. The molecule has 1 atom stereocenters. The molecule has 0 aromatic heterocycles. The smallest absolute Gasteiger partial charge is 0.0638 e. The maximum atomic E-state index is 8.73. The third kappa shape index (κ3) is 0.445. The number of rotatable bonds is 0. The highest BCUT2D eigenvalue weighted by Crippen LogP contribution is 2.76. The Labute approximate surface area is 66.3 Å². The standard InChI is InChI=1S/C9H13NO/c11-10-7-1-2-9(7)6-5-8(9)3-4-8/h11H,1-6H2/b10-7+. The van der Waals surface area contributed by atoms with Gasteiger partial charge in [0, 0.05) is 5.41 Å². The normalized spacial score (nSPS) is 47.5. The van der Waals surface area contributed by atoms with Crippen LogP contribution in [0, 0.1) is 10.8 Å². The minimum Gasteiger partial charge on any atom is -0.411 e. The third-order valence-corrected chi connectivity index (χ3v) is 4.36. The Morgan fingerprint density at radius 3 is 2.09 bits per heavy atom. The van der Waals surface area contributed by atoms with E-state index in [1.807, 2.05) is 0 Å². The number of hydrogen-bond donors (Lipinski definition) is 1. The van der Waals surface area contributed by atoms with Crippen molar-refractivity contribution in [3.8, 4) is 0 Å². The molecular formula is C9H13NO.